The third-order valence-corrected chi connectivity index (χ3v) is 6.38. The SMILES string of the molecule is [B]CCCC1(CCCBr)c2cc(Br)ccc2-c2ccc(Br)cc21. The molecule has 23 heavy (non-hydrogen) atoms. The molecule has 118 valence electrons. The average Bonchev–Trinajstić information content (AvgIpc) is 2.80. The summed E-state index contributed by atoms with van der Waals surface area (Å²) in [6, 6.07) is 13.4. The average molecular weight is 497 g/mol. The largest absolute Gasteiger partial charge is 0.0928 e. The van der Waals surface area contributed by atoms with Crippen molar-refractivity contribution >= 4 is 55.6 Å². The Labute approximate surface area is 165 Å². The highest BCUT2D eigenvalue weighted by Gasteiger charge is 2.42. The highest BCUT2D eigenvalue weighted by Crippen LogP contribution is 2.55. The topological polar surface area (TPSA) is 0 Å². The van der Waals surface area contributed by atoms with Gasteiger partial charge in [0.2, 0.25) is 0 Å². The maximum atomic E-state index is 5.87. The molecule has 0 aliphatic heterocycles. The third kappa shape index (κ3) is 3.24. The first-order chi connectivity index (χ1) is 11.1. The number of rotatable bonds is 6. The van der Waals surface area contributed by atoms with Gasteiger partial charge in [-0.15, -0.1) is 0 Å². The van der Waals surface area contributed by atoms with Gasteiger partial charge < -0.3 is 0 Å². The zero-order chi connectivity index (χ0) is 16.4. The van der Waals surface area contributed by atoms with E-state index in [2.05, 4.69) is 84.2 Å². The first kappa shape index (κ1) is 17.8. The lowest BCUT2D eigenvalue weighted by Gasteiger charge is -2.32. The Balaban J connectivity index is 2.23. The van der Waals surface area contributed by atoms with Crippen molar-refractivity contribution < 1.29 is 0 Å². The van der Waals surface area contributed by atoms with Crippen molar-refractivity contribution in [2.45, 2.75) is 37.4 Å². The number of benzene rings is 2. The number of halogens is 3. The van der Waals surface area contributed by atoms with E-state index < -0.39 is 0 Å². The van der Waals surface area contributed by atoms with Gasteiger partial charge in [-0.2, -0.15) is 0 Å². The molecule has 3 rings (SSSR count). The van der Waals surface area contributed by atoms with Crippen molar-refractivity contribution in [2.75, 3.05) is 5.33 Å². The van der Waals surface area contributed by atoms with Gasteiger partial charge in [-0.3, -0.25) is 0 Å². The fourth-order valence-electron chi connectivity index (χ4n) is 3.88. The van der Waals surface area contributed by atoms with Crippen LogP contribution < -0.4 is 0 Å². The molecule has 2 radical (unpaired) electrons. The lowest BCUT2D eigenvalue weighted by molar-refractivity contribution is 0.437. The molecule has 0 saturated heterocycles. The molecule has 0 saturated carbocycles. The van der Waals surface area contributed by atoms with Crippen LogP contribution in [0.25, 0.3) is 11.1 Å². The molecule has 2 aromatic rings. The van der Waals surface area contributed by atoms with Crippen LogP contribution in [-0.4, -0.2) is 13.2 Å². The number of hydrogen-bond acceptors (Lipinski definition) is 0. The van der Waals surface area contributed by atoms with E-state index in [1.54, 1.807) is 0 Å². The standard InChI is InChI=1S/C19H18BBr3/c20-9-1-7-19(8-2-10-21)17-11-13(22)3-5-15(17)16-6-4-14(23)12-18(16)19/h3-6,11-12H,1-2,7-10H2. The summed E-state index contributed by atoms with van der Waals surface area (Å²) in [6.45, 7) is 0. The van der Waals surface area contributed by atoms with Crippen molar-refractivity contribution in [3.63, 3.8) is 0 Å². The van der Waals surface area contributed by atoms with Crippen molar-refractivity contribution in [2.24, 2.45) is 0 Å². The van der Waals surface area contributed by atoms with Crippen molar-refractivity contribution in [1.29, 1.82) is 0 Å². The van der Waals surface area contributed by atoms with Gasteiger partial charge in [-0.1, -0.05) is 72.7 Å². The Bertz CT molecular complexity index is 650. The molecule has 0 aromatic heterocycles. The molecule has 0 amide bonds. The smallest absolute Gasteiger partial charge is 0.0653 e. The molecule has 2 aromatic carbocycles. The van der Waals surface area contributed by atoms with Gasteiger partial charge in [0.25, 0.3) is 0 Å². The zero-order valence-electron chi connectivity index (χ0n) is 12.9. The van der Waals surface area contributed by atoms with E-state index in [1.165, 1.54) is 22.3 Å². The van der Waals surface area contributed by atoms with Crippen LogP contribution in [0.15, 0.2) is 45.3 Å². The zero-order valence-corrected chi connectivity index (χ0v) is 17.7. The lowest BCUT2D eigenvalue weighted by atomic mass is 9.70. The first-order valence-corrected chi connectivity index (χ1v) is 10.7. The monoisotopic (exact) mass is 494 g/mol. The molecule has 0 heterocycles. The van der Waals surface area contributed by atoms with E-state index in [-0.39, 0.29) is 5.41 Å². The molecular formula is C19H18BBr3. The van der Waals surface area contributed by atoms with Crippen LogP contribution in [0.1, 0.15) is 36.8 Å². The summed E-state index contributed by atoms with van der Waals surface area (Å²) in [4.78, 5) is 0. The van der Waals surface area contributed by atoms with Crippen LogP contribution >= 0.6 is 47.8 Å². The number of fused-ring (bicyclic) bond motifs is 3. The number of alkyl halides is 1. The van der Waals surface area contributed by atoms with Gasteiger partial charge in [0.05, 0.1) is 7.85 Å². The van der Waals surface area contributed by atoms with Gasteiger partial charge in [-0.05, 0) is 65.8 Å². The predicted molar refractivity (Wildman–Crippen MR) is 111 cm³/mol. The van der Waals surface area contributed by atoms with Crippen LogP contribution in [0.3, 0.4) is 0 Å². The van der Waals surface area contributed by atoms with Crippen LogP contribution in [0.4, 0.5) is 0 Å². The third-order valence-electron chi connectivity index (χ3n) is 4.83. The second-order valence-corrected chi connectivity index (χ2v) is 8.77. The molecule has 0 atom stereocenters. The van der Waals surface area contributed by atoms with E-state index in [4.69, 9.17) is 7.85 Å². The minimum Gasteiger partial charge on any atom is -0.0928 e. The van der Waals surface area contributed by atoms with Crippen molar-refractivity contribution in [3.05, 3.63) is 56.5 Å². The van der Waals surface area contributed by atoms with Crippen LogP contribution in [0.2, 0.25) is 6.32 Å². The summed E-state index contributed by atoms with van der Waals surface area (Å²) in [5.41, 5.74) is 5.74. The molecule has 0 N–H and O–H groups in total. The minimum atomic E-state index is 0.0748. The molecule has 0 bridgehead atoms. The maximum absolute atomic E-state index is 5.87. The Morgan fingerprint density at radius 1 is 0.826 bits per heavy atom. The summed E-state index contributed by atoms with van der Waals surface area (Å²) in [5, 5.41) is 1.03. The normalized spacial score (nSPS) is 14.6. The minimum absolute atomic E-state index is 0.0748. The molecule has 0 nitrogen and oxygen atoms in total. The van der Waals surface area contributed by atoms with Crippen LogP contribution in [-0.2, 0) is 5.41 Å². The van der Waals surface area contributed by atoms with Gasteiger partial charge in [0, 0.05) is 19.7 Å². The first-order valence-electron chi connectivity index (χ1n) is 7.99. The summed E-state index contributed by atoms with van der Waals surface area (Å²) in [5.74, 6) is 0. The summed E-state index contributed by atoms with van der Waals surface area (Å²) >= 11 is 11.0. The van der Waals surface area contributed by atoms with Crippen LogP contribution in [0, 0.1) is 0 Å². The Kier molecular flexibility index (Phi) is 5.75. The summed E-state index contributed by atoms with van der Waals surface area (Å²) in [7, 11) is 5.87. The molecule has 1 aliphatic carbocycles. The Hall–Kier alpha value is -0.0551. The van der Waals surface area contributed by atoms with E-state index in [0.717, 1.165) is 46.3 Å². The van der Waals surface area contributed by atoms with E-state index in [0.29, 0.717) is 0 Å². The summed E-state index contributed by atoms with van der Waals surface area (Å²) in [6.07, 6.45) is 5.18. The van der Waals surface area contributed by atoms with Crippen molar-refractivity contribution in [3.8, 4) is 11.1 Å². The van der Waals surface area contributed by atoms with Gasteiger partial charge in [0.1, 0.15) is 0 Å². The van der Waals surface area contributed by atoms with Crippen molar-refractivity contribution in [1.82, 2.24) is 0 Å². The lowest BCUT2D eigenvalue weighted by Crippen LogP contribution is -2.25. The molecule has 0 spiro atoms. The van der Waals surface area contributed by atoms with Gasteiger partial charge in [-0.25, -0.2) is 0 Å². The van der Waals surface area contributed by atoms with E-state index in [1.807, 2.05) is 0 Å². The van der Waals surface area contributed by atoms with E-state index in [9.17, 15) is 0 Å². The van der Waals surface area contributed by atoms with Gasteiger partial charge >= 0.3 is 0 Å². The van der Waals surface area contributed by atoms with E-state index >= 15 is 0 Å². The summed E-state index contributed by atoms with van der Waals surface area (Å²) < 4.78 is 2.30. The quantitative estimate of drug-likeness (QED) is 0.298. The molecule has 4 heteroatoms. The number of hydrogen-bond donors (Lipinski definition) is 0. The fourth-order valence-corrected chi connectivity index (χ4v) is 4.88. The second kappa shape index (κ2) is 7.45. The van der Waals surface area contributed by atoms with Crippen LogP contribution in [0.5, 0.6) is 0 Å². The molecular weight excluding hydrogens is 479 g/mol. The highest BCUT2D eigenvalue weighted by atomic mass is 79.9. The highest BCUT2D eigenvalue weighted by molar-refractivity contribution is 9.10. The second-order valence-electron chi connectivity index (χ2n) is 6.15. The fraction of sp³-hybridized carbons (Fsp3) is 0.368. The predicted octanol–water partition coefficient (Wildman–Crippen LogP) is 7.02. The maximum Gasteiger partial charge on any atom is 0.0653 e. The van der Waals surface area contributed by atoms with Gasteiger partial charge in [0.15, 0.2) is 0 Å². The Morgan fingerprint density at radius 3 is 1.83 bits per heavy atom. The molecule has 1 aliphatic rings. The molecule has 0 fully saturated rings. The Morgan fingerprint density at radius 2 is 1.35 bits per heavy atom. The molecule has 0 unspecified atom stereocenters.